The number of benzene rings is 1. The van der Waals surface area contributed by atoms with Gasteiger partial charge in [-0.1, -0.05) is 0 Å². The van der Waals surface area contributed by atoms with Crippen molar-refractivity contribution in [2.24, 2.45) is 5.73 Å². The van der Waals surface area contributed by atoms with Crippen molar-refractivity contribution in [3.8, 4) is 0 Å². The third kappa shape index (κ3) is 4.44. The van der Waals surface area contributed by atoms with Crippen molar-refractivity contribution in [1.29, 1.82) is 0 Å². The van der Waals surface area contributed by atoms with Gasteiger partial charge in [-0.3, -0.25) is 14.9 Å². The van der Waals surface area contributed by atoms with Crippen molar-refractivity contribution in [2.75, 3.05) is 23.3 Å². The molecule has 0 aliphatic carbocycles. The quantitative estimate of drug-likeness (QED) is 0.652. The van der Waals surface area contributed by atoms with Crippen LogP contribution in [0.1, 0.15) is 40.2 Å². The zero-order valence-corrected chi connectivity index (χ0v) is 16.2. The molecule has 1 aliphatic rings. The predicted octanol–water partition coefficient (Wildman–Crippen LogP) is 3.34. The number of carbonyl (C=O) groups excluding carboxylic acids is 2. The molecule has 0 spiro atoms. The Morgan fingerprint density at radius 1 is 1.19 bits per heavy atom. The lowest BCUT2D eigenvalue weighted by molar-refractivity contribution is -0.0102. The van der Waals surface area contributed by atoms with Gasteiger partial charge in [0.25, 0.3) is 11.8 Å². The highest BCUT2D eigenvalue weighted by Gasteiger charge is 2.33. The predicted molar refractivity (Wildman–Crippen MR) is 106 cm³/mol. The van der Waals surface area contributed by atoms with Gasteiger partial charge in [-0.15, -0.1) is 0 Å². The van der Waals surface area contributed by atoms with Gasteiger partial charge in [0, 0.05) is 37.4 Å². The molecule has 1 fully saturated rings. The second-order valence-corrected chi connectivity index (χ2v) is 7.24. The van der Waals surface area contributed by atoms with Crippen molar-refractivity contribution in [1.82, 2.24) is 9.97 Å². The minimum Gasteiger partial charge on any atom is -0.418 e. The highest BCUT2D eigenvalue weighted by atomic mass is 19.3. The van der Waals surface area contributed by atoms with Crippen LogP contribution >= 0.6 is 0 Å². The molecule has 0 saturated carbocycles. The third-order valence-corrected chi connectivity index (χ3v) is 4.99. The van der Waals surface area contributed by atoms with E-state index in [9.17, 15) is 22.8 Å². The molecule has 1 aromatic carbocycles. The van der Waals surface area contributed by atoms with E-state index in [1.165, 1.54) is 24.3 Å². The summed E-state index contributed by atoms with van der Waals surface area (Å²) < 4.78 is 46.5. The van der Waals surface area contributed by atoms with Crippen LogP contribution in [-0.4, -0.2) is 40.8 Å². The maximum atomic E-state index is 13.8. The van der Waals surface area contributed by atoms with Crippen LogP contribution in [0.3, 0.4) is 0 Å². The van der Waals surface area contributed by atoms with Gasteiger partial charge in [-0.05, 0) is 24.6 Å². The normalized spacial score (nSPS) is 16.2. The van der Waals surface area contributed by atoms with Gasteiger partial charge in [0.1, 0.15) is 11.6 Å². The first-order valence-electron chi connectivity index (χ1n) is 9.52. The summed E-state index contributed by atoms with van der Waals surface area (Å²) >= 11 is 0. The molecule has 11 heteroatoms. The van der Waals surface area contributed by atoms with E-state index < -0.39 is 30.0 Å². The van der Waals surface area contributed by atoms with Gasteiger partial charge >= 0.3 is 6.01 Å². The second-order valence-electron chi connectivity index (χ2n) is 7.24. The summed E-state index contributed by atoms with van der Waals surface area (Å²) in [6, 6.07) is 5.13. The highest BCUT2D eigenvalue weighted by Crippen LogP contribution is 2.32. The topological polar surface area (TPSA) is 114 Å². The van der Waals surface area contributed by atoms with E-state index in [4.69, 9.17) is 10.2 Å². The minimum absolute atomic E-state index is 0.0219. The van der Waals surface area contributed by atoms with Crippen LogP contribution in [0.2, 0.25) is 0 Å². The van der Waals surface area contributed by atoms with Crippen LogP contribution in [0, 0.1) is 5.82 Å². The van der Waals surface area contributed by atoms with Crippen molar-refractivity contribution < 1.29 is 27.2 Å². The Kier molecular flexibility index (Phi) is 5.25. The van der Waals surface area contributed by atoms with Crippen LogP contribution in [0.25, 0.3) is 10.9 Å². The molecular weight excluding hydrogens is 415 g/mol. The molecule has 1 saturated heterocycles. The number of hydrogen-bond acceptors (Lipinski definition) is 6. The lowest BCUT2D eigenvalue weighted by Crippen LogP contribution is -2.29. The molecule has 2 aromatic heterocycles. The smallest absolute Gasteiger partial charge is 0.302 e. The summed E-state index contributed by atoms with van der Waals surface area (Å²) in [4.78, 5) is 33.9. The van der Waals surface area contributed by atoms with E-state index in [2.05, 4.69) is 15.3 Å². The van der Waals surface area contributed by atoms with E-state index in [-0.39, 0.29) is 54.6 Å². The Morgan fingerprint density at radius 3 is 2.74 bits per heavy atom. The summed E-state index contributed by atoms with van der Waals surface area (Å²) in [5.74, 6) is -4.93. The number of halogens is 3. The van der Waals surface area contributed by atoms with E-state index >= 15 is 0 Å². The number of oxazole rings is 1. The first-order chi connectivity index (χ1) is 14.7. The number of nitrogens with two attached hydrogens (primary N) is 1. The molecule has 162 valence electrons. The molecule has 0 unspecified atom stereocenters. The van der Waals surface area contributed by atoms with Crippen LogP contribution < -0.4 is 16.0 Å². The van der Waals surface area contributed by atoms with Gasteiger partial charge in [0.2, 0.25) is 11.7 Å². The van der Waals surface area contributed by atoms with Crippen molar-refractivity contribution in [3.63, 3.8) is 0 Å². The fraction of sp³-hybridized carbons (Fsp3) is 0.300. The van der Waals surface area contributed by atoms with Crippen LogP contribution in [0.5, 0.6) is 0 Å². The molecular formula is C20H18F3N5O3. The first-order valence-corrected chi connectivity index (χ1v) is 9.52. The van der Waals surface area contributed by atoms with Crippen molar-refractivity contribution >= 4 is 34.5 Å². The number of nitrogens with one attached hydrogen (secondary N) is 1. The van der Waals surface area contributed by atoms with E-state index in [1.54, 1.807) is 4.90 Å². The van der Waals surface area contributed by atoms with Crippen molar-refractivity contribution in [2.45, 2.75) is 25.2 Å². The lowest BCUT2D eigenvalue weighted by atomic mass is 10.1. The number of aromatic nitrogens is 2. The first kappa shape index (κ1) is 20.6. The summed E-state index contributed by atoms with van der Waals surface area (Å²) in [7, 11) is 0. The molecule has 2 amide bonds. The Labute approximate surface area is 174 Å². The summed E-state index contributed by atoms with van der Waals surface area (Å²) in [6.07, 6.45) is 0.619. The molecule has 3 aromatic rings. The SMILES string of the molecule is NC(=O)c1cnc(NC(=O)c2cc3ccc(F)cc3nc2N2CCCC(F)(F)CC2)o1. The fourth-order valence-electron chi connectivity index (χ4n) is 3.42. The van der Waals surface area contributed by atoms with Gasteiger partial charge in [0.05, 0.1) is 17.3 Å². The number of fused-ring (bicyclic) bond motifs is 1. The molecule has 0 bridgehead atoms. The highest BCUT2D eigenvalue weighted by molar-refractivity contribution is 6.09. The maximum Gasteiger partial charge on any atom is 0.302 e. The third-order valence-electron chi connectivity index (χ3n) is 4.99. The van der Waals surface area contributed by atoms with Gasteiger partial charge in [-0.2, -0.15) is 0 Å². The Balaban J connectivity index is 1.72. The molecule has 4 rings (SSSR count). The number of primary amides is 1. The average Bonchev–Trinajstić information content (AvgIpc) is 3.10. The lowest BCUT2D eigenvalue weighted by Gasteiger charge is -2.24. The zero-order chi connectivity index (χ0) is 22.2. The molecule has 1 aliphatic heterocycles. The van der Waals surface area contributed by atoms with Gasteiger partial charge in [-0.25, -0.2) is 23.1 Å². The monoisotopic (exact) mass is 433 g/mol. The Morgan fingerprint density at radius 2 is 2.00 bits per heavy atom. The average molecular weight is 433 g/mol. The molecule has 0 radical (unpaired) electrons. The number of rotatable bonds is 4. The molecule has 31 heavy (non-hydrogen) atoms. The zero-order valence-electron chi connectivity index (χ0n) is 16.2. The van der Waals surface area contributed by atoms with E-state index in [0.717, 1.165) is 6.20 Å². The number of alkyl halides is 2. The molecule has 3 N–H and O–H groups in total. The molecule has 8 nitrogen and oxygen atoms in total. The van der Waals surface area contributed by atoms with Crippen LogP contribution in [0.4, 0.5) is 25.0 Å². The van der Waals surface area contributed by atoms with Crippen molar-refractivity contribution in [3.05, 3.63) is 47.6 Å². The molecule has 3 heterocycles. The Bertz CT molecular complexity index is 1160. The van der Waals surface area contributed by atoms with Gasteiger partial charge < -0.3 is 15.1 Å². The van der Waals surface area contributed by atoms with Gasteiger partial charge in [0.15, 0.2) is 0 Å². The number of carbonyl (C=O) groups is 2. The minimum atomic E-state index is -2.80. The number of amides is 2. The number of nitrogens with zero attached hydrogens (tertiary/aromatic N) is 3. The van der Waals surface area contributed by atoms with Crippen LogP contribution in [0.15, 0.2) is 34.9 Å². The summed E-state index contributed by atoms with van der Waals surface area (Å²) in [5.41, 5.74) is 5.47. The largest absolute Gasteiger partial charge is 0.418 e. The molecule has 0 atom stereocenters. The summed E-state index contributed by atoms with van der Waals surface area (Å²) in [5, 5.41) is 2.89. The fourth-order valence-corrected chi connectivity index (χ4v) is 3.42. The number of pyridine rings is 1. The van der Waals surface area contributed by atoms with E-state index in [1.807, 2.05) is 0 Å². The number of anilines is 2. The van der Waals surface area contributed by atoms with E-state index in [0.29, 0.717) is 5.39 Å². The maximum absolute atomic E-state index is 13.8. The number of hydrogen-bond donors (Lipinski definition) is 2. The Hall–Kier alpha value is -3.63. The van der Waals surface area contributed by atoms with Crippen LogP contribution in [-0.2, 0) is 0 Å². The standard InChI is InChI=1S/C20H18F3N5O3/c21-12-3-2-11-8-13(18(30)27-19-25-10-15(31-19)16(24)29)17(26-14(11)9-12)28-6-1-4-20(22,23)5-7-28/h2-3,8-10H,1,4-7H2,(H2,24,29)(H,25,27,30). The second kappa shape index (κ2) is 7.89. The summed E-state index contributed by atoms with van der Waals surface area (Å²) in [6.45, 7) is 0.237.